The Morgan fingerprint density at radius 1 is 1.37 bits per heavy atom. The van der Waals surface area contributed by atoms with Gasteiger partial charge >= 0.3 is 5.97 Å². The summed E-state index contributed by atoms with van der Waals surface area (Å²) >= 11 is 0. The first-order valence-corrected chi connectivity index (χ1v) is 6.49. The number of carbonyl (C=O) groups is 1. The Balaban J connectivity index is 1.83. The molecule has 0 radical (unpaired) electrons. The van der Waals surface area contributed by atoms with Crippen molar-refractivity contribution in [1.29, 1.82) is 0 Å². The molecule has 0 unspecified atom stereocenters. The van der Waals surface area contributed by atoms with Gasteiger partial charge in [0.1, 0.15) is 0 Å². The van der Waals surface area contributed by atoms with Crippen molar-refractivity contribution in [2.45, 2.75) is 19.9 Å². The third-order valence-electron chi connectivity index (χ3n) is 2.81. The summed E-state index contributed by atoms with van der Waals surface area (Å²) in [4.78, 5) is 15.4. The van der Waals surface area contributed by atoms with E-state index in [1.165, 1.54) is 5.56 Å². The van der Waals surface area contributed by atoms with Crippen LogP contribution in [-0.4, -0.2) is 24.1 Å². The summed E-state index contributed by atoms with van der Waals surface area (Å²) in [5.74, 6) is -0.155. The molecule has 0 aliphatic heterocycles. The Morgan fingerprint density at radius 3 is 3.11 bits per heavy atom. The van der Waals surface area contributed by atoms with E-state index in [0.717, 1.165) is 17.4 Å². The van der Waals surface area contributed by atoms with Crippen molar-refractivity contribution >= 4 is 16.9 Å². The fraction of sp³-hybridized carbons (Fsp3) is 0.333. The first kappa shape index (κ1) is 13.5. The number of nitrogens with one attached hydrogen (secondary N) is 1. The van der Waals surface area contributed by atoms with Crippen LogP contribution >= 0.6 is 0 Å². The van der Waals surface area contributed by atoms with Crippen molar-refractivity contribution in [1.82, 2.24) is 10.3 Å². The minimum absolute atomic E-state index is 0.155. The molecule has 0 atom stereocenters. The summed E-state index contributed by atoms with van der Waals surface area (Å²) in [7, 11) is 0. The molecule has 4 nitrogen and oxygen atoms in total. The van der Waals surface area contributed by atoms with Gasteiger partial charge in [0.05, 0.1) is 18.5 Å². The normalized spacial score (nSPS) is 10.6. The lowest BCUT2D eigenvalue weighted by Crippen LogP contribution is -2.19. The van der Waals surface area contributed by atoms with Crippen LogP contribution < -0.4 is 5.32 Å². The monoisotopic (exact) mass is 258 g/mol. The van der Waals surface area contributed by atoms with Crippen LogP contribution in [0.15, 0.2) is 36.5 Å². The Hall–Kier alpha value is -1.94. The summed E-state index contributed by atoms with van der Waals surface area (Å²) in [5, 5.41) is 4.37. The average molecular weight is 258 g/mol. The Bertz CT molecular complexity index is 555. The van der Waals surface area contributed by atoms with Gasteiger partial charge in [-0.3, -0.25) is 9.78 Å². The van der Waals surface area contributed by atoms with Gasteiger partial charge < -0.3 is 10.1 Å². The highest BCUT2D eigenvalue weighted by atomic mass is 16.5. The van der Waals surface area contributed by atoms with Crippen LogP contribution in [0.2, 0.25) is 0 Å². The van der Waals surface area contributed by atoms with Gasteiger partial charge in [-0.15, -0.1) is 0 Å². The molecule has 19 heavy (non-hydrogen) atoms. The van der Waals surface area contributed by atoms with Gasteiger partial charge in [0, 0.05) is 24.7 Å². The number of pyridine rings is 1. The van der Waals surface area contributed by atoms with Gasteiger partial charge in [0.15, 0.2) is 0 Å². The van der Waals surface area contributed by atoms with E-state index in [4.69, 9.17) is 4.74 Å². The molecule has 0 bridgehead atoms. The molecule has 0 aliphatic rings. The number of fused-ring (bicyclic) bond motifs is 1. The SMILES string of the molecule is CCOC(=O)CCNCc1ccc2ncccc2c1. The van der Waals surface area contributed by atoms with Crippen LogP contribution in [0.4, 0.5) is 0 Å². The summed E-state index contributed by atoms with van der Waals surface area (Å²) in [6, 6.07) is 10.1. The predicted molar refractivity (Wildman–Crippen MR) is 74.7 cm³/mol. The second-order valence-corrected chi connectivity index (χ2v) is 4.26. The molecule has 1 aromatic carbocycles. The largest absolute Gasteiger partial charge is 0.466 e. The number of aromatic nitrogens is 1. The maximum atomic E-state index is 11.2. The van der Waals surface area contributed by atoms with E-state index < -0.39 is 0 Å². The molecule has 1 heterocycles. The lowest BCUT2D eigenvalue weighted by Gasteiger charge is -2.06. The molecule has 1 N–H and O–H groups in total. The number of nitrogens with zero attached hydrogens (tertiary/aromatic N) is 1. The van der Waals surface area contributed by atoms with Gasteiger partial charge in [0.25, 0.3) is 0 Å². The first-order chi connectivity index (χ1) is 9.29. The first-order valence-electron chi connectivity index (χ1n) is 6.49. The van der Waals surface area contributed by atoms with Crippen LogP contribution in [0.5, 0.6) is 0 Å². The van der Waals surface area contributed by atoms with Crippen molar-refractivity contribution < 1.29 is 9.53 Å². The lowest BCUT2D eigenvalue weighted by molar-refractivity contribution is -0.142. The third-order valence-corrected chi connectivity index (χ3v) is 2.81. The van der Waals surface area contributed by atoms with Crippen molar-refractivity contribution in [3.8, 4) is 0 Å². The topological polar surface area (TPSA) is 51.2 Å². The van der Waals surface area contributed by atoms with Crippen LogP contribution in [0.25, 0.3) is 10.9 Å². The summed E-state index contributed by atoms with van der Waals surface area (Å²) in [6.07, 6.45) is 2.20. The highest BCUT2D eigenvalue weighted by Gasteiger charge is 2.01. The molecule has 0 saturated carbocycles. The third kappa shape index (κ3) is 4.03. The quantitative estimate of drug-likeness (QED) is 0.638. The molecule has 0 fully saturated rings. The van der Waals surface area contributed by atoms with Gasteiger partial charge in [-0.25, -0.2) is 0 Å². The Labute approximate surface area is 112 Å². The minimum Gasteiger partial charge on any atom is -0.466 e. The van der Waals surface area contributed by atoms with Crippen LogP contribution in [0, 0.1) is 0 Å². The van der Waals surface area contributed by atoms with Gasteiger partial charge in [-0.1, -0.05) is 12.1 Å². The van der Waals surface area contributed by atoms with E-state index in [1.54, 1.807) is 6.20 Å². The zero-order chi connectivity index (χ0) is 13.5. The van der Waals surface area contributed by atoms with E-state index in [1.807, 2.05) is 31.2 Å². The smallest absolute Gasteiger partial charge is 0.307 e. The second-order valence-electron chi connectivity index (χ2n) is 4.26. The minimum atomic E-state index is -0.155. The Kier molecular flexibility index (Phi) is 4.86. The van der Waals surface area contributed by atoms with Gasteiger partial charge in [-0.05, 0) is 30.7 Å². The van der Waals surface area contributed by atoms with E-state index in [-0.39, 0.29) is 5.97 Å². The zero-order valence-corrected chi connectivity index (χ0v) is 11.1. The lowest BCUT2D eigenvalue weighted by atomic mass is 10.1. The predicted octanol–water partition coefficient (Wildman–Crippen LogP) is 2.28. The fourth-order valence-electron chi connectivity index (χ4n) is 1.89. The number of hydrogen-bond donors (Lipinski definition) is 1. The number of esters is 1. The van der Waals surface area contributed by atoms with E-state index in [0.29, 0.717) is 19.6 Å². The molecular formula is C15H18N2O2. The molecule has 4 heteroatoms. The molecule has 0 aliphatic carbocycles. The summed E-state index contributed by atoms with van der Waals surface area (Å²) in [5.41, 5.74) is 2.18. The highest BCUT2D eigenvalue weighted by Crippen LogP contribution is 2.12. The van der Waals surface area contributed by atoms with E-state index in [2.05, 4.69) is 16.4 Å². The van der Waals surface area contributed by atoms with Gasteiger partial charge in [0.2, 0.25) is 0 Å². The average Bonchev–Trinajstić information content (AvgIpc) is 2.44. The van der Waals surface area contributed by atoms with Crippen molar-refractivity contribution in [3.63, 3.8) is 0 Å². The molecule has 2 rings (SSSR count). The summed E-state index contributed by atoms with van der Waals surface area (Å²) < 4.78 is 4.86. The Morgan fingerprint density at radius 2 is 2.26 bits per heavy atom. The molecule has 0 spiro atoms. The van der Waals surface area contributed by atoms with Crippen molar-refractivity contribution in [2.24, 2.45) is 0 Å². The number of ether oxygens (including phenoxy) is 1. The van der Waals surface area contributed by atoms with Crippen molar-refractivity contribution in [3.05, 3.63) is 42.1 Å². The molecule has 1 aromatic heterocycles. The zero-order valence-electron chi connectivity index (χ0n) is 11.1. The molecule has 0 saturated heterocycles. The number of hydrogen-bond acceptors (Lipinski definition) is 4. The second kappa shape index (κ2) is 6.85. The van der Waals surface area contributed by atoms with Crippen molar-refractivity contribution in [2.75, 3.05) is 13.2 Å². The number of benzene rings is 1. The molecule has 0 amide bonds. The standard InChI is InChI=1S/C15H18N2O2/c1-2-19-15(18)7-9-16-11-12-5-6-14-13(10-12)4-3-8-17-14/h3-6,8,10,16H,2,7,9,11H2,1H3. The molecule has 100 valence electrons. The summed E-state index contributed by atoms with van der Waals surface area (Å²) in [6.45, 7) is 3.62. The van der Waals surface area contributed by atoms with Crippen LogP contribution in [0.1, 0.15) is 18.9 Å². The molecule has 2 aromatic rings. The number of carbonyl (C=O) groups excluding carboxylic acids is 1. The molecular weight excluding hydrogens is 240 g/mol. The van der Waals surface area contributed by atoms with Crippen LogP contribution in [0.3, 0.4) is 0 Å². The maximum Gasteiger partial charge on any atom is 0.307 e. The highest BCUT2D eigenvalue weighted by molar-refractivity contribution is 5.78. The van der Waals surface area contributed by atoms with Gasteiger partial charge in [-0.2, -0.15) is 0 Å². The van der Waals surface area contributed by atoms with E-state index >= 15 is 0 Å². The number of rotatable bonds is 6. The van der Waals surface area contributed by atoms with E-state index in [9.17, 15) is 4.79 Å². The maximum absolute atomic E-state index is 11.2. The fourth-order valence-corrected chi connectivity index (χ4v) is 1.89. The van der Waals surface area contributed by atoms with Crippen LogP contribution in [-0.2, 0) is 16.1 Å².